The van der Waals surface area contributed by atoms with Gasteiger partial charge in [-0.3, -0.25) is 0 Å². The first kappa shape index (κ1) is 15.3. The Bertz CT molecular complexity index is 145. The van der Waals surface area contributed by atoms with Crippen LogP contribution in [0.1, 0.15) is 47.0 Å². The molecule has 0 fully saturated rings. The van der Waals surface area contributed by atoms with Gasteiger partial charge < -0.3 is 10.4 Å². The SMILES string of the molecule is CCCCC(C)NCCSCC(C)(C)O. The van der Waals surface area contributed by atoms with E-state index in [4.69, 9.17) is 0 Å². The van der Waals surface area contributed by atoms with Crippen molar-refractivity contribution in [1.29, 1.82) is 0 Å². The molecule has 0 radical (unpaired) electrons. The van der Waals surface area contributed by atoms with Crippen molar-refractivity contribution >= 4 is 11.8 Å². The van der Waals surface area contributed by atoms with Crippen LogP contribution < -0.4 is 5.32 Å². The lowest BCUT2D eigenvalue weighted by Gasteiger charge is -2.17. The number of nitrogens with one attached hydrogen (secondary N) is 1. The van der Waals surface area contributed by atoms with Gasteiger partial charge in [0.25, 0.3) is 0 Å². The fourth-order valence-electron chi connectivity index (χ4n) is 1.31. The molecule has 2 nitrogen and oxygen atoms in total. The number of unbranched alkanes of at least 4 members (excludes halogenated alkanes) is 1. The topological polar surface area (TPSA) is 32.3 Å². The first-order chi connectivity index (χ1) is 6.95. The van der Waals surface area contributed by atoms with E-state index in [-0.39, 0.29) is 0 Å². The average Bonchev–Trinajstić information content (AvgIpc) is 2.12. The third-order valence-corrected chi connectivity index (χ3v) is 3.59. The number of hydrogen-bond acceptors (Lipinski definition) is 3. The van der Waals surface area contributed by atoms with E-state index in [1.54, 1.807) is 0 Å². The predicted molar refractivity (Wildman–Crippen MR) is 70.6 cm³/mol. The van der Waals surface area contributed by atoms with Gasteiger partial charge in [0.1, 0.15) is 0 Å². The summed E-state index contributed by atoms with van der Waals surface area (Å²) < 4.78 is 0. The van der Waals surface area contributed by atoms with Gasteiger partial charge in [0.2, 0.25) is 0 Å². The Morgan fingerprint density at radius 1 is 1.40 bits per heavy atom. The Kier molecular flexibility index (Phi) is 8.58. The molecule has 0 aromatic heterocycles. The number of rotatable bonds is 9. The van der Waals surface area contributed by atoms with E-state index in [0.717, 1.165) is 18.1 Å². The summed E-state index contributed by atoms with van der Waals surface area (Å²) in [6.45, 7) is 9.24. The Balaban J connectivity index is 3.23. The van der Waals surface area contributed by atoms with Crippen LogP contribution in [0.25, 0.3) is 0 Å². The van der Waals surface area contributed by atoms with E-state index in [1.807, 2.05) is 25.6 Å². The van der Waals surface area contributed by atoms with Crippen LogP contribution in [0.2, 0.25) is 0 Å². The third-order valence-electron chi connectivity index (χ3n) is 2.19. The highest BCUT2D eigenvalue weighted by atomic mass is 32.2. The second-order valence-electron chi connectivity index (χ2n) is 4.86. The zero-order valence-electron chi connectivity index (χ0n) is 10.7. The highest BCUT2D eigenvalue weighted by Gasteiger charge is 2.11. The summed E-state index contributed by atoms with van der Waals surface area (Å²) in [6, 6.07) is 0.632. The second-order valence-corrected chi connectivity index (χ2v) is 5.97. The van der Waals surface area contributed by atoms with Gasteiger partial charge in [0.15, 0.2) is 0 Å². The molecule has 92 valence electrons. The zero-order chi connectivity index (χ0) is 11.7. The minimum atomic E-state index is -0.529. The number of hydrogen-bond donors (Lipinski definition) is 2. The van der Waals surface area contributed by atoms with Crippen LogP contribution in [0.4, 0.5) is 0 Å². The molecule has 1 unspecified atom stereocenters. The molecule has 0 amide bonds. The number of thioether (sulfide) groups is 1. The van der Waals surface area contributed by atoms with Crippen LogP contribution >= 0.6 is 11.8 Å². The van der Waals surface area contributed by atoms with Gasteiger partial charge in [0, 0.05) is 24.1 Å². The summed E-state index contributed by atoms with van der Waals surface area (Å²) in [4.78, 5) is 0. The summed E-state index contributed by atoms with van der Waals surface area (Å²) in [7, 11) is 0. The molecule has 0 saturated carbocycles. The maximum absolute atomic E-state index is 9.50. The van der Waals surface area contributed by atoms with Crippen LogP contribution in [-0.2, 0) is 0 Å². The van der Waals surface area contributed by atoms with Crippen LogP contribution in [0.3, 0.4) is 0 Å². The summed E-state index contributed by atoms with van der Waals surface area (Å²) in [5.41, 5.74) is -0.529. The highest BCUT2D eigenvalue weighted by molar-refractivity contribution is 7.99. The molecular formula is C12H27NOS. The van der Waals surface area contributed by atoms with Gasteiger partial charge in [0.05, 0.1) is 5.60 Å². The van der Waals surface area contributed by atoms with Gasteiger partial charge in [-0.25, -0.2) is 0 Å². The highest BCUT2D eigenvalue weighted by Crippen LogP contribution is 2.11. The first-order valence-electron chi connectivity index (χ1n) is 5.99. The van der Waals surface area contributed by atoms with Crippen LogP contribution in [0.5, 0.6) is 0 Å². The van der Waals surface area contributed by atoms with E-state index in [2.05, 4.69) is 19.2 Å². The summed E-state index contributed by atoms with van der Waals surface area (Å²) in [5.74, 6) is 1.90. The van der Waals surface area contributed by atoms with E-state index in [0.29, 0.717) is 6.04 Å². The maximum atomic E-state index is 9.50. The summed E-state index contributed by atoms with van der Waals surface area (Å²) >= 11 is 1.81. The molecule has 0 aliphatic rings. The fourth-order valence-corrected chi connectivity index (χ4v) is 2.22. The van der Waals surface area contributed by atoms with Crippen LogP contribution in [0.15, 0.2) is 0 Å². The largest absolute Gasteiger partial charge is 0.390 e. The summed E-state index contributed by atoms with van der Waals surface area (Å²) in [6.07, 6.45) is 3.86. The van der Waals surface area contributed by atoms with Crippen molar-refractivity contribution in [3.05, 3.63) is 0 Å². The predicted octanol–water partition coefficient (Wildman–Crippen LogP) is 2.66. The number of aliphatic hydroxyl groups is 1. The normalized spacial score (nSPS) is 14.2. The second kappa shape index (κ2) is 8.43. The molecule has 0 aliphatic carbocycles. The lowest BCUT2D eigenvalue weighted by atomic mass is 10.1. The van der Waals surface area contributed by atoms with E-state index >= 15 is 0 Å². The van der Waals surface area contributed by atoms with Crippen molar-refractivity contribution in [2.75, 3.05) is 18.1 Å². The standard InChI is InChI=1S/C12H27NOS/c1-5-6-7-11(2)13-8-9-15-10-12(3,4)14/h11,13-14H,5-10H2,1-4H3. The molecule has 0 saturated heterocycles. The fraction of sp³-hybridized carbons (Fsp3) is 1.00. The minimum absolute atomic E-state index is 0.529. The van der Waals surface area contributed by atoms with Crippen LogP contribution in [0, 0.1) is 0 Å². The smallest absolute Gasteiger partial charge is 0.0681 e. The molecule has 2 N–H and O–H groups in total. The third kappa shape index (κ3) is 12.2. The molecule has 0 spiro atoms. The van der Waals surface area contributed by atoms with Crippen molar-refractivity contribution in [1.82, 2.24) is 5.32 Å². The molecule has 0 heterocycles. The molecule has 0 rings (SSSR count). The van der Waals surface area contributed by atoms with Gasteiger partial charge in [-0.1, -0.05) is 19.8 Å². The maximum Gasteiger partial charge on any atom is 0.0681 e. The molecule has 0 aromatic rings. The molecule has 3 heteroatoms. The minimum Gasteiger partial charge on any atom is -0.390 e. The first-order valence-corrected chi connectivity index (χ1v) is 7.14. The molecular weight excluding hydrogens is 206 g/mol. The quantitative estimate of drug-likeness (QED) is 0.601. The molecule has 1 atom stereocenters. The van der Waals surface area contributed by atoms with E-state index in [9.17, 15) is 5.11 Å². The van der Waals surface area contributed by atoms with Gasteiger partial charge >= 0.3 is 0 Å². The summed E-state index contributed by atoms with van der Waals surface area (Å²) in [5, 5.41) is 13.0. The average molecular weight is 233 g/mol. The van der Waals surface area contributed by atoms with Crippen molar-refractivity contribution in [2.24, 2.45) is 0 Å². The Morgan fingerprint density at radius 3 is 2.60 bits per heavy atom. The molecule has 0 aromatic carbocycles. The van der Waals surface area contributed by atoms with Crippen molar-refractivity contribution in [3.63, 3.8) is 0 Å². The molecule has 0 aliphatic heterocycles. The Morgan fingerprint density at radius 2 is 2.07 bits per heavy atom. The van der Waals surface area contributed by atoms with Crippen LogP contribution in [-0.4, -0.2) is 34.8 Å². The van der Waals surface area contributed by atoms with Gasteiger partial charge in [-0.2, -0.15) is 11.8 Å². The van der Waals surface area contributed by atoms with Gasteiger partial charge in [-0.05, 0) is 27.2 Å². The lowest BCUT2D eigenvalue weighted by molar-refractivity contribution is 0.107. The lowest BCUT2D eigenvalue weighted by Crippen LogP contribution is -2.29. The Labute approximate surface area is 99.2 Å². The Hall–Kier alpha value is 0.270. The van der Waals surface area contributed by atoms with Crippen molar-refractivity contribution in [2.45, 2.75) is 58.6 Å². The van der Waals surface area contributed by atoms with Crippen molar-refractivity contribution in [3.8, 4) is 0 Å². The van der Waals surface area contributed by atoms with E-state index < -0.39 is 5.60 Å². The zero-order valence-corrected chi connectivity index (χ0v) is 11.5. The van der Waals surface area contributed by atoms with Gasteiger partial charge in [-0.15, -0.1) is 0 Å². The van der Waals surface area contributed by atoms with Crippen molar-refractivity contribution < 1.29 is 5.11 Å². The monoisotopic (exact) mass is 233 g/mol. The molecule has 15 heavy (non-hydrogen) atoms. The molecule has 0 bridgehead atoms. The van der Waals surface area contributed by atoms with E-state index in [1.165, 1.54) is 19.3 Å².